The van der Waals surface area contributed by atoms with Crippen molar-refractivity contribution >= 4 is 5.91 Å². The number of amides is 1. The third-order valence-electron chi connectivity index (χ3n) is 5.01. The maximum atomic E-state index is 12.2. The average molecular weight is 341 g/mol. The Morgan fingerprint density at radius 3 is 2.52 bits per heavy atom. The fourth-order valence-electron chi connectivity index (χ4n) is 3.38. The number of hydrogen-bond acceptors (Lipinski definition) is 3. The van der Waals surface area contributed by atoms with Crippen molar-refractivity contribution in [1.82, 2.24) is 15.1 Å². The molecule has 1 aromatic carbocycles. The molecule has 2 aromatic rings. The molecule has 0 unspecified atom stereocenters. The number of nitrogens with one attached hydrogen (secondary N) is 1. The van der Waals surface area contributed by atoms with E-state index in [9.17, 15) is 4.79 Å². The number of benzene rings is 1. The SMILES string of the molecule is Cc1nn(C)c(C)c1CC(=O)NCc1ccc(OC2CCCC2)cc1. The molecule has 3 rings (SSSR count). The zero-order valence-electron chi connectivity index (χ0n) is 15.3. The van der Waals surface area contributed by atoms with Gasteiger partial charge < -0.3 is 10.1 Å². The van der Waals surface area contributed by atoms with Crippen molar-refractivity contribution in [2.75, 3.05) is 0 Å². The van der Waals surface area contributed by atoms with Crippen LogP contribution in [0.5, 0.6) is 5.75 Å². The van der Waals surface area contributed by atoms with Gasteiger partial charge in [0.1, 0.15) is 5.75 Å². The summed E-state index contributed by atoms with van der Waals surface area (Å²) in [7, 11) is 1.90. The maximum absolute atomic E-state index is 12.2. The third-order valence-corrected chi connectivity index (χ3v) is 5.01. The molecule has 0 atom stereocenters. The van der Waals surface area contributed by atoms with E-state index in [-0.39, 0.29) is 5.91 Å². The first-order valence-corrected chi connectivity index (χ1v) is 9.04. The van der Waals surface area contributed by atoms with Gasteiger partial charge in [-0.2, -0.15) is 5.10 Å². The quantitative estimate of drug-likeness (QED) is 0.878. The maximum Gasteiger partial charge on any atom is 0.224 e. The van der Waals surface area contributed by atoms with E-state index in [2.05, 4.69) is 10.4 Å². The van der Waals surface area contributed by atoms with E-state index in [1.54, 1.807) is 0 Å². The number of aromatic nitrogens is 2. The van der Waals surface area contributed by atoms with Crippen LogP contribution in [0.15, 0.2) is 24.3 Å². The second kappa shape index (κ2) is 7.72. The van der Waals surface area contributed by atoms with E-state index >= 15 is 0 Å². The highest BCUT2D eigenvalue weighted by Crippen LogP contribution is 2.24. The number of hydrogen-bond donors (Lipinski definition) is 1. The number of carbonyl (C=O) groups is 1. The molecule has 1 N–H and O–H groups in total. The molecule has 1 heterocycles. The van der Waals surface area contributed by atoms with Crippen LogP contribution in [0, 0.1) is 13.8 Å². The molecule has 0 bridgehead atoms. The summed E-state index contributed by atoms with van der Waals surface area (Å²) < 4.78 is 7.79. The number of nitrogens with zero attached hydrogens (tertiary/aromatic N) is 2. The van der Waals surface area contributed by atoms with Gasteiger partial charge in [0.05, 0.1) is 18.2 Å². The zero-order chi connectivity index (χ0) is 17.8. The van der Waals surface area contributed by atoms with Crippen LogP contribution < -0.4 is 10.1 Å². The zero-order valence-corrected chi connectivity index (χ0v) is 15.3. The molecule has 1 saturated carbocycles. The molecule has 1 amide bonds. The Morgan fingerprint density at radius 1 is 1.24 bits per heavy atom. The van der Waals surface area contributed by atoms with Crippen molar-refractivity contribution in [1.29, 1.82) is 0 Å². The molecule has 0 spiro atoms. The lowest BCUT2D eigenvalue weighted by atomic mass is 10.1. The van der Waals surface area contributed by atoms with Crippen molar-refractivity contribution in [3.8, 4) is 5.75 Å². The van der Waals surface area contributed by atoms with Crippen LogP contribution >= 0.6 is 0 Å². The van der Waals surface area contributed by atoms with Gasteiger partial charge in [0.25, 0.3) is 0 Å². The topological polar surface area (TPSA) is 56.2 Å². The Bertz CT molecular complexity index is 728. The normalized spacial score (nSPS) is 14.7. The predicted molar refractivity (Wildman–Crippen MR) is 97.6 cm³/mol. The first kappa shape index (κ1) is 17.5. The summed E-state index contributed by atoms with van der Waals surface area (Å²) >= 11 is 0. The number of aryl methyl sites for hydroxylation is 2. The number of ether oxygens (including phenoxy) is 1. The van der Waals surface area contributed by atoms with Gasteiger partial charge in [0.2, 0.25) is 5.91 Å². The van der Waals surface area contributed by atoms with E-state index in [0.717, 1.165) is 41.1 Å². The minimum atomic E-state index is 0.0190. The fraction of sp³-hybridized carbons (Fsp3) is 0.500. The van der Waals surface area contributed by atoms with Crippen LogP contribution in [0.4, 0.5) is 0 Å². The van der Waals surface area contributed by atoms with Crippen LogP contribution in [-0.2, 0) is 24.8 Å². The highest BCUT2D eigenvalue weighted by atomic mass is 16.5. The second-order valence-electron chi connectivity index (χ2n) is 6.89. The molecule has 0 saturated heterocycles. The predicted octanol–water partition coefficient (Wildman–Crippen LogP) is 3.22. The van der Waals surface area contributed by atoms with E-state index in [0.29, 0.717) is 19.1 Å². The van der Waals surface area contributed by atoms with Crippen molar-refractivity contribution in [2.24, 2.45) is 7.05 Å². The number of carbonyl (C=O) groups excluding carboxylic acids is 1. The van der Waals surface area contributed by atoms with E-state index in [1.807, 2.05) is 49.8 Å². The molecule has 134 valence electrons. The van der Waals surface area contributed by atoms with Crippen LogP contribution in [0.1, 0.15) is 48.2 Å². The molecule has 5 heteroatoms. The van der Waals surface area contributed by atoms with E-state index in [4.69, 9.17) is 4.74 Å². The molecule has 1 aromatic heterocycles. The van der Waals surface area contributed by atoms with Gasteiger partial charge in [-0.25, -0.2) is 0 Å². The van der Waals surface area contributed by atoms with Gasteiger partial charge in [-0.05, 0) is 57.2 Å². The Kier molecular flexibility index (Phi) is 5.41. The molecular formula is C20H27N3O2. The lowest BCUT2D eigenvalue weighted by Gasteiger charge is -2.13. The van der Waals surface area contributed by atoms with Crippen molar-refractivity contribution < 1.29 is 9.53 Å². The summed E-state index contributed by atoms with van der Waals surface area (Å²) in [6.07, 6.45) is 5.59. The van der Waals surface area contributed by atoms with E-state index in [1.165, 1.54) is 12.8 Å². The van der Waals surface area contributed by atoms with Gasteiger partial charge in [-0.15, -0.1) is 0 Å². The Hall–Kier alpha value is -2.30. The summed E-state index contributed by atoms with van der Waals surface area (Å²) in [5, 5.41) is 7.34. The Morgan fingerprint density at radius 2 is 1.92 bits per heavy atom. The molecule has 5 nitrogen and oxygen atoms in total. The van der Waals surface area contributed by atoms with Crippen LogP contribution in [0.2, 0.25) is 0 Å². The lowest BCUT2D eigenvalue weighted by Crippen LogP contribution is -2.25. The number of rotatable bonds is 6. The highest BCUT2D eigenvalue weighted by molar-refractivity contribution is 5.79. The minimum absolute atomic E-state index is 0.0190. The molecule has 0 aliphatic heterocycles. The highest BCUT2D eigenvalue weighted by Gasteiger charge is 2.16. The van der Waals surface area contributed by atoms with Gasteiger partial charge in [-0.3, -0.25) is 9.48 Å². The van der Waals surface area contributed by atoms with Crippen molar-refractivity contribution in [3.05, 3.63) is 46.8 Å². The first-order valence-electron chi connectivity index (χ1n) is 9.04. The van der Waals surface area contributed by atoms with Crippen molar-refractivity contribution in [3.63, 3.8) is 0 Å². The largest absolute Gasteiger partial charge is 0.490 e. The Balaban J connectivity index is 1.50. The summed E-state index contributed by atoms with van der Waals surface area (Å²) in [6.45, 7) is 4.46. The van der Waals surface area contributed by atoms with E-state index < -0.39 is 0 Å². The Labute approximate surface area is 149 Å². The van der Waals surface area contributed by atoms with Crippen LogP contribution in [0.25, 0.3) is 0 Å². The third kappa shape index (κ3) is 4.41. The van der Waals surface area contributed by atoms with Crippen LogP contribution in [-0.4, -0.2) is 21.8 Å². The summed E-state index contributed by atoms with van der Waals surface area (Å²) in [5.74, 6) is 0.939. The fourth-order valence-corrected chi connectivity index (χ4v) is 3.38. The van der Waals surface area contributed by atoms with Gasteiger partial charge in [0.15, 0.2) is 0 Å². The standard InChI is InChI=1S/C20H27N3O2/c1-14-19(15(2)23(3)22-14)12-20(24)21-13-16-8-10-18(11-9-16)25-17-6-4-5-7-17/h8-11,17H,4-7,12-13H2,1-3H3,(H,21,24). The molecular weight excluding hydrogens is 314 g/mol. The van der Waals surface area contributed by atoms with Gasteiger partial charge in [-0.1, -0.05) is 12.1 Å². The van der Waals surface area contributed by atoms with Crippen LogP contribution in [0.3, 0.4) is 0 Å². The van der Waals surface area contributed by atoms with Gasteiger partial charge in [0, 0.05) is 24.8 Å². The smallest absolute Gasteiger partial charge is 0.224 e. The summed E-state index contributed by atoms with van der Waals surface area (Å²) in [4.78, 5) is 12.2. The molecule has 0 radical (unpaired) electrons. The minimum Gasteiger partial charge on any atom is -0.490 e. The molecule has 1 fully saturated rings. The molecule has 1 aliphatic carbocycles. The van der Waals surface area contributed by atoms with Crippen molar-refractivity contribution in [2.45, 2.75) is 58.6 Å². The average Bonchev–Trinajstić information content (AvgIpc) is 3.18. The molecule has 1 aliphatic rings. The summed E-state index contributed by atoms with van der Waals surface area (Å²) in [5.41, 5.74) is 4.05. The van der Waals surface area contributed by atoms with Gasteiger partial charge >= 0.3 is 0 Å². The summed E-state index contributed by atoms with van der Waals surface area (Å²) in [6, 6.07) is 8.03. The first-order chi connectivity index (χ1) is 12.0. The molecule has 25 heavy (non-hydrogen) atoms. The monoisotopic (exact) mass is 341 g/mol. The second-order valence-corrected chi connectivity index (χ2v) is 6.89. The lowest BCUT2D eigenvalue weighted by molar-refractivity contribution is -0.120.